The molecule has 2 aromatic carbocycles. The van der Waals surface area contributed by atoms with E-state index in [2.05, 4.69) is 37.8 Å². The topological polar surface area (TPSA) is 59.8 Å². The third kappa shape index (κ3) is 7.42. The Morgan fingerprint density at radius 3 is 2.26 bits per heavy atom. The number of hydrogen-bond donors (Lipinski definition) is 1. The molecule has 1 atom stereocenters. The van der Waals surface area contributed by atoms with Gasteiger partial charge >= 0.3 is 0 Å². The molecule has 3 rings (SSSR count). The Hall–Kier alpha value is -2.67. The molecule has 1 N–H and O–H groups in total. The first-order chi connectivity index (χ1) is 16.2. The first-order valence-corrected chi connectivity index (χ1v) is 12.1. The van der Waals surface area contributed by atoms with Gasteiger partial charge in [0.1, 0.15) is 11.4 Å². The van der Waals surface area contributed by atoms with Gasteiger partial charge in [0, 0.05) is 32.2 Å². The Morgan fingerprint density at radius 1 is 0.971 bits per heavy atom. The molecule has 1 heterocycles. The van der Waals surface area contributed by atoms with Crippen LogP contribution >= 0.6 is 0 Å². The molecule has 0 radical (unpaired) electrons. The molecule has 0 bridgehead atoms. The Labute approximate surface area is 204 Å². The number of aliphatic hydroxyl groups is 1. The summed E-state index contributed by atoms with van der Waals surface area (Å²) in [5.74, 6) is 1.93. The van der Waals surface area contributed by atoms with E-state index in [0.29, 0.717) is 31.5 Å². The molecule has 1 aromatic heterocycles. The van der Waals surface area contributed by atoms with Gasteiger partial charge < -0.3 is 14.6 Å². The zero-order chi connectivity index (χ0) is 24.7. The molecule has 0 amide bonds. The maximum absolute atomic E-state index is 10.7. The summed E-state index contributed by atoms with van der Waals surface area (Å²) in [5, 5.41) is 15.5. The number of nitrogens with zero attached hydrogens (tertiary/aromatic N) is 3. The molecule has 0 saturated carbocycles. The van der Waals surface area contributed by atoms with Crippen molar-refractivity contribution < 1.29 is 14.6 Å². The van der Waals surface area contributed by atoms with Crippen molar-refractivity contribution in [2.75, 3.05) is 19.7 Å². The minimum Gasteiger partial charge on any atom is -0.439 e. The van der Waals surface area contributed by atoms with Crippen molar-refractivity contribution in [2.45, 2.75) is 53.4 Å². The van der Waals surface area contributed by atoms with Crippen molar-refractivity contribution in [2.24, 2.45) is 13.0 Å². The van der Waals surface area contributed by atoms with Crippen LogP contribution in [0.15, 0.2) is 54.6 Å². The van der Waals surface area contributed by atoms with E-state index < -0.39 is 6.10 Å². The molecule has 6 heteroatoms. The average molecular weight is 466 g/mol. The van der Waals surface area contributed by atoms with Crippen LogP contribution in [0, 0.1) is 12.8 Å². The molecule has 3 aromatic rings. The highest BCUT2D eigenvalue weighted by molar-refractivity contribution is 5.65. The maximum atomic E-state index is 10.7. The van der Waals surface area contributed by atoms with Crippen molar-refractivity contribution in [3.8, 4) is 22.9 Å². The van der Waals surface area contributed by atoms with Crippen LogP contribution in [0.4, 0.5) is 0 Å². The summed E-state index contributed by atoms with van der Waals surface area (Å²) in [6, 6.07) is 18.2. The number of aryl methyl sites for hydroxylation is 2. The smallest absolute Gasteiger partial charge is 0.222 e. The van der Waals surface area contributed by atoms with Crippen LogP contribution in [0.5, 0.6) is 11.6 Å². The van der Waals surface area contributed by atoms with Crippen molar-refractivity contribution in [3.05, 3.63) is 65.7 Å². The van der Waals surface area contributed by atoms with Gasteiger partial charge in [0.15, 0.2) is 0 Å². The fourth-order valence-electron chi connectivity index (χ4n) is 3.97. The van der Waals surface area contributed by atoms with Crippen molar-refractivity contribution >= 4 is 0 Å². The number of hydrogen-bond acceptors (Lipinski definition) is 5. The van der Waals surface area contributed by atoms with E-state index in [9.17, 15) is 5.11 Å². The quantitative estimate of drug-likeness (QED) is 0.386. The van der Waals surface area contributed by atoms with E-state index in [0.717, 1.165) is 29.1 Å². The third-order valence-corrected chi connectivity index (χ3v) is 5.47. The lowest BCUT2D eigenvalue weighted by atomic mass is 10.1. The summed E-state index contributed by atoms with van der Waals surface area (Å²) in [7, 11) is 1.91. The van der Waals surface area contributed by atoms with Crippen molar-refractivity contribution in [3.63, 3.8) is 0 Å². The molecule has 6 nitrogen and oxygen atoms in total. The van der Waals surface area contributed by atoms with E-state index in [4.69, 9.17) is 14.6 Å². The summed E-state index contributed by atoms with van der Waals surface area (Å²) in [5.41, 5.74) is 4.13. The Balaban J connectivity index is 1.95. The van der Waals surface area contributed by atoms with Gasteiger partial charge in [-0.3, -0.25) is 4.90 Å². The van der Waals surface area contributed by atoms with Crippen LogP contribution in [0.1, 0.15) is 38.8 Å². The Morgan fingerprint density at radius 2 is 1.65 bits per heavy atom. The largest absolute Gasteiger partial charge is 0.439 e. The van der Waals surface area contributed by atoms with Crippen LogP contribution in [0.2, 0.25) is 0 Å². The third-order valence-electron chi connectivity index (χ3n) is 5.47. The highest BCUT2D eigenvalue weighted by Crippen LogP contribution is 2.34. The normalized spacial score (nSPS) is 12.6. The zero-order valence-electron chi connectivity index (χ0n) is 21.4. The standard InChI is InChI=1S/C28H39N3O3/c1-20(2)16-31(17-24(32)19-33-21(3)4)18-26-27(23-10-8-7-9-11-23)29-30(6)28(26)34-25-14-12-22(5)13-15-25/h7-15,20-21,24,32H,16-19H2,1-6H3/t24-/m0/s1. The average Bonchev–Trinajstić information content (AvgIpc) is 3.09. The molecule has 34 heavy (non-hydrogen) atoms. The summed E-state index contributed by atoms with van der Waals surface area (Å²) in [4.78, 5) is 2.27. The lowest BCUT2D eigenvalue weighted by Crippen LogP contribution is -2.37. The minimum atomic E-state index is -0.570. The molecular formula is C28H39N3O3. The van der Waals surface area contributed by atoms with Crippen LogP contribution in [-0.4, -0.2) is 51.7 Å². The number of rotatable bonds is 12. The predicted molar refractivity (Wildman–Crippen MR) is 137 cm³/mol. The van der Waals surface area contributed by atoms with Gasteiger partial charge in [0.25, 0.3) is 0 Å². The predicted octanol–water partition coefficient (Wildman–Crippen LogP) is 5.43. The first kappa shape index (κ1) is 25.9. The van der Waals surface area contributed by atoms with Crippen LogP contribution in [0.3, 0.4) is 0 Å². The van der Waals surface area contributed by atoms with Gasteiger partial charge in [-0.15, -0.1) is 0 Å². The molecule has 0 aliphatic heterocycles. The van der Waals surface area contributed by atoms with E-state index >= 15 is 0 Å². The minimum absolute atomic E-state index is 0.0886. The number of ether oxygens (including phenoxy) is 2. The Kier molecular flexibility index (Phi) is 9.28. The van der Waals surface area contributed by atoms with Crippen LogP contribution < -0.4 is 4.74 Å². The monoisotopic (exact) mass is 465 g/mol. The zero-order valence-corrected chi connectivity index (χ0v) is 21.4. The molecule has 0 aliphatic carbocycles. The maximum Gasteiger partial charge on any atom is 0.222 e. The van der Waals surface area contributed by atoms with E-state index in [1.807, 2.05) is 68.0 Å². The first-order valence-electron chi connectivity index (χ1n) is 12.1. The van der Waals surface area contributed by atoms with E-state index in [-0.39, 0.29) is 6.10 Å². The lowest BCUT2D eigenvalue weighted by Gasteiger charge is -2.27. The molecule has 0 spiro atoms. The fraction of sp³-hybridized carbons (Fsp3) is 0.464. The fourth-order valence-corrected chi connectivity index (χ4v) is 3.97. The van der Waals surface area contributed by atoms with E-state index in [1.54, 1.807) is 0 Å². The van der Waals surface area contributed by atoms with Gasteiger partial charge in [-0.25, -0.2) is 4.68 Å². The number of benzene rings is 2. The molecule has 0 unspecified atom stereocenters. The second kappa shape index (κ2) is 12.2. The molecule has 0 saturated heterocycles. The van der Waals surface area contributed by atoms with Crippen molar-refractivity contribution in [1.82, 2.24) is 14.7 Å². The molecule has 184 valence electrons. The molecule has 0 aliphatic rings. The highest BCUT2D eigenvalue weighted by atomic mass is 16.5. The van der Waals surface area contributed by atoms with Gasteiger partial charge in [0.2, 0.25) is 5.88 Å². The van der Waals surface area contributed by atoms with Gasteiger partial charge in [-0.05, 0) is 38.8 Å². The lowest BCUT2D eigenvalue weighted by molar-refractivity contribution is -0.0109. The van der Waals surface area contributed by atoms with Crippen molar-refractivity contribution in [1.29, 1.82) is 0 Å². The number of aliphatic hydroxyl groups excluding tert-OH is 1. The summed E-state index contributed by atoms with van der Waals surface area (Å²) in [6.07, 6.45) is -0.481. The van der Waals surface area contributed by atoms with Gasteiger partial charge in [0.05, 0.1) is 24.4 Å². The highest BCUT2D eigenvalue weighted by Gasteiger charge is 2.24. The Bertz CT molecular complexity index is 1010. The van der Waals surface area contributed by atoms with Gasteiger partial charge in [-0.1, -0.05) is 61.9 Å². The molecular weight excluding hydrogens is 426 g/mol. The second-order valence-electron chi connectivity index (χ2n) is 9.66. The van der Waals surface area contributed by atoms with Crippen LogP contribution in [-0.2, 0) is 18.3 Å². The number of aromatic nitrogens is 2. The summed E-state index contributed by atoms with van der Waals surface area (Å²) < 4.78 is 13.8. The SMILES string of the molecule is Cc1ccc(Oc2c(CN(CC(C)C)C[C@H](O)COC(C)C)c(-c3ccccc3)nn2C)cc1. The van der Waals surface area contributed by atoms with Gasteiger partial charge in [-0.2, -0.15) is 5.10 Å². The van der Waals surface area contributed by atoms with E-state index in [1.165, 1.54) is 5.56 Å². The summed E-state index contributed by atoms with van der Waals surface area (Å²) in [6.45, 7) is 12.7. The second-order valence-corrected chi connectivity index (χ2v) is 9.66. The summed E-state index contributed by atoms with van der Waals surface area (Å²) >= 11 is 0. The van der Waals surface area contributed by atoms with Crippen LogP contribution in [0.25, 0.3) is 11.3 Å². The molecule has 0 fully saturated rings.